The summed E-state index contributed by atoms with van der Waals surface area (Å²) in [5.41, 5.74) is 1.27. The van der Waals surface area contributed by atoms with E-state index in [1.54, 1.807) is 0 Å². The van der Waals surface area contributed by atoms with Crippen molar-refractivity contribution in [1.29, 1.82) is 0 Å². The van der Waals surface area contributed by atoms with Gasteiger partial charge in [-0.15, -0.1) is 12.4 Å². The molecule has 0 spiro atoms. The first kappa shape index (κ1) is 13.3. The Morgan fingerprint density at radius 2 is 1.89 bits per heavy atom. The maximum absolute atomic E-state index is 5.86. The van der Waals surface area contributed by atoms with Crippen LogP contribution in [0.2, 0.25) is 0 Å². The monoisotopic (exact) mass is 263 g/mol. The molecule has 1 saturated heterocycles. The molecule has 3 rings (SSSR count). The number of rotatable bonds is 1. The Kier molecular flexibility index (Phi) is 4.23. The summed E-state index contributed by atoms with van der Waals surface area (Å²) < 4.78 is 5.86. The minimum absolute atomic E-state index is 0. The SMILES string of the molecule is CC1NCCOC1c1ccc2ccccc2c1.Cl. The van der Waals surface area contributed by atoms with Crippen LogP contribution in [0, 0.1) is 0 Å². The number of ether oxygens (including phenoxy) is 1. The van der Waals surface area contributed by atoms with Crippen LogP contribution in [0.5, 0.6) is 0 Å². The van der Waals surface area contributed by atoms with Crippen molar-refractivity contribution in [3.8, 4) is 0 Å². The van der Waals surface area contributed by atoms with E-state index in [1.807, 2.05) is 0 Å². The minimum Gasteiger partial charge on any atom is -0.371 e. The molecule has 1 N–H and O–H groups in total. The Balaban J connectivity index is 0.00000120. The van der Waals surface area contributed by atoms with Gasteiger partial charge in [0.2, 0.25) is 0 Å². The van der Waals surface area contributed by atoms with Gasteiger partial charge >= 0.3 is 0 Å². The summed E-state index contributed by atoms with van der Waals surface area (Å²) in [4.78, 5) is 0. The van der Waals surface area contributed by atoms with Crippen LogP contribution in [0.3, 0.4) is 0 Å². The Hall–Kier alpha value is -1.09. The lowest BCUT2D eigenvalue weighted by Crippen LogP contribution is -2.41. The summed E-state index contributed by atoms with van der Waals surface area (Å²) >= 11 is 0. The molecule has 0 amide bonds. The van der Waals surface area contributed by atoms with Crippen LogP contribution in [-0.2, 0) is 4.74 Å². The van der Waals surface area contributed by atoms with E-state index in [0.717, 1.165) is 13.2 Å². The zero-order valence-electron chi connectivity index (χ0n) is 10.4. The van der Waals surface area contributed by atoms with Crippen LogP contribution in [0.15, 0.2) is 42.5 Å². The fourth-order valence-electron chi connectivity index (χ4n) is 2.49. The van der Waals surface area contributed by atoms with E-state index in [0.29, 0.717) is 6.04 Å². The molecule has 2 atom stereocenters. The molecule has 0 aliphatic carbocycles. The molecule has 96 valence electrons. The number of halogens is 1. The molecular formula is C15H18ClNO. The number of nitrogens with one attached hydrogen (secondary N) is 1. The molecule has 3 heteroatoms. The summed E-state index contributed by atoms with van der Waals surface area (Å²) in [6, 6.07) is 15.4. The molecular weight excluding hydrogens is 246 g/mol. The summed E-state index contributed by atoms with van der Waals surface area (Å²) in [5, 5.41) is 6.02. The number of fused-ring (bicyclic) bond motifs is 1. The number of benzene rings is 2. The maximum atomic E-state index is 5.86. The first-order valence-corrected chi connectivity index (χ1v) is 6.18. The summed E-state index contributed by atoms with van der Waals surface area (Å²) in [6.45, 7) is 3.92. The van der Waals surface area contributed by atoms with Crippen molar-refractivity contribution in [2.24, 2.45) is 0 Å². The van der Waals surface area contributed by atoms with Gasteiger partial charge in [-0.2, -0.15) is 0 Å². The normalized spacial score (nSPS) is 23.6. The van der Waals surface area contributed by atoms with E-state index < -0.39 is 0 Å². The maximum Gasteiger partial charge on any atom is 0.0975 e. The highest BCUT2D eigenvalue weighted by atomic mass is 35.5. The highest BCUT2D eigenvalue weighted by Crippen LogP contribution is 2.26. The lowest BCUT2D eigenvalue weighted by Gasteiger charge is -2.30. The molecule has 2 aromatic rings. The largest absolute Gasteiger partial charge is 0.371 e. The van der Waals surface area contributed by atoms with Crippen LogP contribution in [0.4, 0.5) is 0 Å². The third kappa shape index (κ3) is 2.51. The smallest absolute Gasteiger partial charge is 0.0975 e. The van der Waals surface area contributed by atoms with Gasteiger partial charge in [-0.05, 0) is 29.3 Å². The molecule has 0 saturated carbocycles. The molecule has 0 aromatic heterocycles. The average molecular weight is 264 g/mol. The van der Waals surface area contributed by atoms with E-state index in [4.69, 9.17) is 4.74 Å². The van der Waals surface area contributed by atoms with E-state index in [9.17, 15) is 0 Å². The molecule has 18 heavy (non-hydrogen) atoms. The zero-order chi connectivity index (χ0) is 11.7. The van der Waals surface area contributed by atoms with E-state index in [1.165, 1.54) is 16.3 Å². The van der Waals surface area contributed by atoms with Crippen molar-refractivity contribution >= 4 is 23.2 Å². The van der Waals surface area contributed by atoms with Crippen molar-refractivity contribution < 1.29 is 4.74 Å². The lowest BCUT2D eigenvalue weighted by atomic mass is 9.99. The number of hydrogen-bond acceptors (Lipinski definition) is 2. The van der Waals surface area contributed by atoms with Crippen molar-refractivity contribution in [2.75, 3.05) is 13.2 Å². The molecule has 1 fully saturated rings. The fraction of sp³-hybridized carbons (Fsp3) is 0.333. The van der Waals surface area contributed by atoms with Crippen LogP contribution >= 0.6 is 12.4 Å². The molecule has 2 aromatic carbocycles. The van der Waals surface area contributed by atoms with E-state index >= 15 is 0 Å². The van der Waals surface area contributed by atoms with Crippen LogP contribution in [0.25, 0.3) is 10.8 Å². The Morgan fingerprint density at radius 3 is 2.67 bits per heavy atom. The van der Waals surface area contributed by atoms with Crippen molar-refractivity contribution in [3.63, 3.8) is 0 Å². The van der Waals surface area contributed by atoms with Crippen LogP contribution in [-0.4, -0.2) is 19.2 Å². The molecule has 2 nitrogen and oxygen atoms in total. The lowest BCUT2D eigenvalue weighted by molar-refractivity contribution is -0.000145. The standard InChI is InChI=1S/C15H17NO.ClH/c1-11-15(17-9-8-16-11)14-7-6-12-4-2-3-5-13(12)10-14;/h2-7,10-11,15-16H,8-9H2,1H3;1H. The minimum atomic E-state index is 0. The van der Waals surface area contributed by atoms with Gasteiger partial charge < -0.3 is 10.1 Å². The Labute approximate surface area is 114 Å². The summed E-state index contributed by atoms with van der Waals surface area (Å²) in [5.74, 6) is 0. The third-order valence-corrected chi connectivity index (χ3v) is 3.42. The quantitative estimate of drug-likeness (QED) is 0.852. The van der Waals surface area contributed by atoms with Crippen molar-refractivity contribution in [1.82, 2.24) is 5.32 Å². The number of hydrogen-bond donors (Lipinski definition) is 1. The van der Waals surface area contributed by atoms with Gasteiger partial charge in [0.05, 0.1) is 12.7 Å². The molecule has 1 aliphatic heterocycles. The Morgan fingerprint density at radius 1 is 1.11 bits per heavy atom. The predicted molar refractivity (Wildman–Crippen MR) is 77.4 cm³/mol. The predicted octanol–water partition coefficient (Wildman–Crippen LogP) is 3.31. The second-order valence-electron chi connectivity index (χ2n) is 4.64. The molecule has 0 radical (unpaired) electrons. The van der Waals surface area contributed by atoms with Crippen LogP contribution < -0.4 is 5.32 Å². The van der Waals surface area contributed by atoms with Gasteiger partial charge in [0.1, 0.15) is 0 Å². The van der Waals surface area contributed by atoms with Gasteiger partial charge in [-0.25, -0.2) is 0 Å². The topological polar surface area (TPSA) is 21.3 Å². The first-order chi connectivity index (χ1) is 8.34. The van der Waals surface area contributed by atoms with Gasteiger partial charge in [-0.1, -0.05) is 36.4 Å². The van der Waals surface area contributed by atoms with Gasteiger partial charge in [0.15, 0.2) is 0 Å². The van der Waals surface area contributed by atoms with E-state index in [2.05, 4.69) is 54.7 Å². The summed E-state index contributed by atoms with van der Waals surface area (Å²) in [7, 11) is 0. The molecule has 2 unspecified atom stereocenters. The van der Waals surface area contributed by atoms with Gasteiger partial charge in [-0.3, -0.25) is 0 Å². The second-order valence-corrected chi connectivity index (χ2v) is 4.64. The average Bonchev–Trinajstić information content (AvgIpc) is 2.39. The zero-order valence-corrected chi connectivity index (χ0v) is 11.2. The second kappa shape index (κ2) is 5.70. The first-order valence-electron chi connectivity index (χ1n) is 6.18. The third-order valence-electron chi connectivity index (χ3n) is 3.42. The molecule has 1 heterocycles. The summed E-state index contributed by atoms with van der Waals surface area (Å²) in [6.07, 6.45) is 0.174. The molecule has 0 bridgehead atoms. The highest BCUT2D eigenvalue weighted by molar-refractivity contribution is 5.85. The molecule has 1 aliphatic rings. The fourth-order valence-corrected chi connectivity index (χ4v) is 2.49. The van der Waals surface area contributed by atoms with Crippen molar-refractivity contribution in [3.05, 3.63) is 48.0 Å². The van der Waals surface area contributed by atoms with Crippen LogP contribution in [0.1, 0.15) is 18.6 Å². The number of morpholine rings is 1. The highest BCUT2D eigenvalue weighted by Gasteiger charge is 2.23. The van der Waals surface area contributed by atoms with Gasteiger partial charge in [0, 0.05) is 12.6 Å². The van der Waals surface area contributed by atoms with E-state index in [-0.39, 0.29) is 18.5 Å². The Bertz CT molecular complexity index is 529. The van der Waals surface area contributed by atoms with Crippen molar-refractivity contribution in [2.45, 2.75) is 19.1 Å². The van der Waals surface area contributed by atoms with Gasteiger partial charge in [0.25, 0.3) is 0 Å².